The summed E-state index contributed by atoms with van der Waals surface area (Å²) in [6, 6.07) is 2.38. The number of nitrogens with one attached hydrogen (secondary N) is 2. The maximum absolute atomic E-state index is 13.1. The van der Waals surface area contributed by atoms with Crippen LogP contribution in [0, 0.1) is 5.82 Å². The average molecular weight is 344 g/mol. The van der Waals surface area contributed by atoms with E-state index < -0.39 is 24.1 Å². The van der Waals surface area contributed by atoms with Crippen molar-refractivity contribution in [2.24, 2.45) is 7.05 Å². The molecule has 0 saturated heterocycles. The van der Waals surface area contributed by atoms with Crippen LogP contribution in [0.25, 0.3) is 0 Å². The van der Waals surface area contributed by atoms with Crippen molar-refractivity contribution in [1.82, 2.24) is 20.4 Å². The minimum atomic E-state index is -4.70. The van der Waals surface area contributed by atoms with E-state index in [1.807, 2.05) is 5.32 Å². The number of aryl methyl sites for hydroxylation is 1. The van der Waals surface area contributed by atoms with Gasteiger partial charge in [0.1, 0.15) is 5.82 Å². The average Bonchev–Trinajstić information content (AvgIpc) is 2.90. The standard InChI is InChI=1S/C15H16F4N4O/c1-23-12(7-9-21-23)6-8-20-14(24)22-13(15(17,18)19)10-2-4-11(16)5-3-10/h2-5,7,9,13H,6,8H2,1H3,(H2,20,22,24)/t13-/m0/s1. The summed E-state index contributed by atoms with van der Waals surface area (Å²) >= 11 is 0. The molecule has 2 rings (SSSR count). The molecule has 9 heteroatoms. The van der Waals surface area contributed by atoms with Crippen molar-refractivity contribution in [3.8, 4) is 0 Å². The number of hydrogen-bond acceptors (Lipinski definition) is 2. The monoisotopic (exact) mass is 344 g/mol. The van der Waals surface area contributed by atoms with Crippen molar-refractivity contribution in [2.75, 3.05) is 6.54 Å². The number of alkyl halides is 3. The summed E-state index contributed by atoms with van der Waals surface area (Å²) in [4.78, 5) is 11.7. The molecule has 0 radical (unpaired) electrons. The molecule has 5 nitrogen and oxygen atoms in total. The van der Waals surface area contributed by atoms with Crippen molar-refractivity contribution in [1.29, 1.82) is 0 Å². The van der Waals surface area contributed by atoms with Crippen molar-refractivity contribution in [3.63, 3.8) is 0 Å². The van der Waals surface area contributed by atoms with E-state index in [9.17, 15) is 22.4 Å². The molecule has 2 N–H and O–H groups in total. The van der Waals surface area contributed by atoms with Gasteiger partial charge in [-0.15, -0.1) is 0 Å². The molecule has 1 aromatic carbocycles. The number of nitrogens with zero attached hydrogens (tertiary/aromatic N) is 2. The summed E-state index contributed by atoms with van der Waals surface area (Å²) in [7, 11) is 1.73. The molecule has 0 aliphatic carbocycles. The first-order chi connectivity index (χ1) is 11.3. The van der Waals surface area contributed by atoms with E-state index in [0.717, 1.165) is 30.0 Å². The Kier molecular flexibility index (Phi) is 5.42. The second kappa shape index (κ2) is 7.33. The molecule has 1 atom stereocenters. The van der Waals surface area contributed by atoms with E-state index in [2.05, 4.69) is 10.4 Å². The SMILES string of the molecule is Cn1nccc1CCNC(=O)N[C@@H](c1ccc(F)cc1)C(F)(F)F. The Morgan fingerprint density at radius 1 is 1.25 bits per heavy atom. The van der Waals surface area contributed by atoms with Gasteiger partial charge in [-0.2, -0.15) is 18.3 Å². The number of amides is 2. The van der Waals surface area contributed by atoms with Crippen LogP contribution in [0.5, 0.6) is 0 Å². The third-order valence-corrected chi connectivity index (χ3v) is 3.40. The van der Waals surface area contributed by atoms with Crippen LogP contribution in [0.1, 0.15) is 17.3 Å². The maximum atomic E-state index is 13.1. The second-order valence-electron chi connectivity index (χ2n) is 5.12. The Hall–Kier alpha value is -2.58. The van der Waals surface area contributed by atoms with Gasteiger partial charge in [0.2, 0.25) is 0 Å². The van der Waals surface area contributed by atoms with E-state index in [1.54, 1.807) is 24.0 Å². The lowest BCUT2D eigenvalue weighted by Crippen LogP contribution is -2.44. The Morgan fingerprint density at radius 2 is 1.92 bits per heavy atom. The molecule has 1 aromatic heterocycles. The van der Waals surface area contributed by atoms with E-state index >= 15 is 0 Å². The minimum absolute atomic E-state index is 0.152. The van der Waals surface area contributed by atoms with E-state index in [4.69, 9.17) is 0 Å². The maximum Gasteiger partial charge on any atom is 0.412 e. The van der Waals surface area contributed by atoms with Gasteiger partial charge < -0.3 is 10.6 Å². The lowest BCUT2D eigenvalue weighted by Gasteiger charge is -2.22. The van der Waals surface area contributed by atoms with E-state index in [0.29, 0.717) is 6.42 Å². The van der Waals surface area contributed by atoms with Crippen molar-refractivity contribution >= 4 is 6.03 Å². The number of hydrogen-bond donors (Lipinski definition) is 2. The van der Waals surface area contributed by atoms with Crippen LogP contribution >= 0.6 is 0 Å². The Balaban J connectivity index is 1.95. The van der Waals surface area contributed by atoms with Crippen LogP contribution in [0.3, 0.4) is 0 Å². The highest BCUT2D eigenvalue weighted by Crippen LogP contribution is 2.32. The predicted molar refractivity (Wildman–Crippen MR) is 78.6 cm³/mol. The zero-order valence-corrected chi connectivity index (χ0v) is 12.8. The number of carbonyl (C=O) groups is 1. The Bertz CT molecular complexity index is 682. The van der Waals surface area contributed by atoms with Crippen LogP contribution in [-0.2, 0) is 13.5 Å². The summed E-state index contributed by atoms with van der Waals surface area (Å²) in [5.74, 6) is -0.652. The number of halogens is 4. The van der Waals surface area contributed by atoms with Gasteiger partial charge in [-0.05, 0) is 23.8 Å². The Labute approximate surface area is 135 Å². The number of aromatic nitrogens is 2. The van der Waals surface area contributed by atoms with Gasteiger partial charge in [0.05, 0.1) is 0 Å². The number of rotatable bonds is 5. The normalized spacial score (nSPS) is 12.7. The zero-order valence-electron chi connectivity index (χ0n) is 12.8. The molecule has 1 heterocycles. The van der Waals surface area contributed by atoms with Gasteiger partial charge >= 0.3 is 12.2 Å². The van der Waals surface area contributed by atoms with Gasteiger partial charge in [0.25, 0.3) is 0 Å². The minimum Gasteiger partial charge on any atom is -0.338 e. The molecule has 24 heavy (non-hydrogen) atoms. The fourth-order valence-electron chi connectivity index (χ4n) is 2.14. The van der Waals surface area contributed by atoms with Crippen molar-refractivity contribution in [3.05, 3.63) is 53.6 Å². The highest BCUT2D eigenvalue weighted by molar-refractivity contribution is 5.74. The van der Waals surface area contributed by atoms with Gasteiger partial charge in [-0.25, -0.2) is 9.18 Å². The summed E-state index contributed by atoms with van der Waals surface area (Å²) < 4.78 is 53.8. The molecule has 0 unspecified atom stereocenters. The molecular formula is C15H16F4N4O. The van der Waals surface area contributed by atoms with E-state index in [-0.39, 0.29) is 12.1 Å². The first-order valence-electron chi connectivity index (χ1n) is 7.11. The number of benzene rings is 1. The molecular weight excluding hydrogens is 328 g/mol. The highest BCUT2D eigenvalue weighted by atomic mass is 19.4. The topological polar surface area (TPSA) is 59.0 Å². The first-order valence-corrected chi connectivity index (χ1v) is 7.11. The molecule has 2 aromatic rings. The predicted octanol–water partition coefficient (Wildman–Crippen LogP) is 2.70. The third kappa shape index (κ3) is 4.71. The molecule has 0 bridgehead atoms. The summed E-state index contributed by atoms with van der Waals surface area (Å²) in [6.07, 6.45) is -2.68. The molecule has 0 saturated carbocycles. The Morgan fingerprint density at radius 3 is 2.46 bits per heavy atom. The lowest BCUT2D eigenvalue weighted by molar-refractivity contribution is -0.154. The van der Waals surface area contributed by atoms with Crippen LogP contribution in [0.15, 0.2) is 36.5 Å². The molecule has 130 valence electrons. The molecule has 0 aliphatic rings. The van der Waals surface area contributed by atoms with Gasteiger partial charge in [-0.3, -0.25) is 4.68 Å². The summed E-state index contributed by atoms with van der Waals surface area (Å²) in [5, 5.41) is 8.18. The molecule has 2 amide bonds. The molecule has 0 spiro atoms. The van der Waals surface area contributed by atoms with Gasteiger partial charge in [-0.1, -0.05) is 12.1 Å². The molecule has 0 aliphatic heterocycles. The van der Waals surface area contributed by atoms with E-state index in [1.165, 1.54) is 0 Å². The summed E-state index contributed by atoms with van der Waals surface area (Å²) in [6.45, 7) is 0.152. The van der Waals surface area contributed by atoms with Crippen LogP contribution in [-0.4, -0.2) is 28.5 Å². The van der Waals surface area contributed by atoms with Crippen LogP contribution in [0.4, 0.5) is 22.4 Å². The number of carbonyl (C=O) groups excluding carboxylic acids is 1. The summed E-state index contributed by atoms with van der Waals surface area (Å²) in [5.41, 5.74) is 0.590. The zero-order chi connectivity index (χ0) is 17.7. The smallest absolute Gasteiger partial charge is 0.338 e. The van der Waals surface area contributed by atoms with Crippen molar-refractivity contribution < 1.29 is 22.4 Å². The first kappa shape index (κ1) is 17.8. The van der Waals surface area contributed by atoms with Gasteiger partial charge in [0, 0.05) is 31.9 Å². The largest absolute Gasteiger partial charge is 0.412 e. The van der Waals surface area contributed by atoms with Gasteiger partial charge in [0.15, 0.2) is 6.04 Å². The number of urea groups is 1. The quantitative estimate of drug-likeness (QED) is 0.820. The van der Waals surface area contributed by atoms with Crippen LogP contribution < -0.4 is 10.6 Å². The molecule has 0 fully saturated rings. The van der Waals surface area contributed by atoms with Crippen LogP contribution in [0.2, 0.25) is 0 Å². The highest BCUT2D eigenvalue weighted by Gasteiger charge is 2.41. The van der Waals surface area contributed by atoms with Crippen molar-refractivity contribution in [2.45, 2.75) is 18.6 Å². The lowest BCUT2D eigenvalue weighted by atomic mass is 10.1. The fourth-order valence-corrected chi connectivity index (χ4v) is 2.14. The fraction of sp³-hybridized carbons (Fsp3) is 0.333. The third-order valence-electron chi connectivity index (χ3n) is 3.40. The second-order valence-corrected chi connectivity index (χ2v) is 5.12.